The standard InChI is InChI=1S/C18H23N3O2/c1-12-5-4-6-15(9-12)10-17(22)21-7-8-23-11-16(21)18-13(2)19-20-14(18)3/h4-6,9,16H,7-8,10-11H2,1-3H3,(H,19,20)/t16-/m1/s1. The number of benzene rings is 1. The highest BCUT2D eigenvalue weighted by Crippen LogP contribution is 2.28. The maximum absolute atomic E-state index is 12.8. The molecule has 0 aliphatic carbocycles. The van der Waals surface area contributed by atoms with Crippen LogP contribution in [0.15, 0.2) is 24.3 Å². The summed E-state index contributed by atoms with van der Waals surface area (Å²) in [5, 5.41) is 7.27. The van der Waals surface area contributed by atoms with Gasteiger partial charge in [-0.3, -0.25) is 9.89 Å². The van der Waals surface area contributed by atoms with Crippen LogP contribution in [0.5, 0.6) is 0 Å². The molecule has 1 aliphatic heterocycles. The first-order chi connectivity index (χ1) is 11.1. The van der Waals surface area contributed by atoms with Crippen LogP contribution in [0.1, 0.15) is 34.1 Å². The van der Waals surface area contributed by atoms with E-state index in [4.69, 9.17) is 4.74 Å². The molecule has 1 saturated heterocycles. The predicted octanol–water partition coefficient (Wildman–Crippen LogP) is 2.48. The molecule has 0 radical (unpaired) electrons. The molecule has 23 heavy (non-hydrogen) atoms. The van der Waals surface area contributed by atoms with Crippen molar-refractivity contribution in [2.75, 3.05) is 19.8 Å². The van der Waals surface area contributed by atoms with Gasteiger partial charge in [0.1, 0.15) is 0 Å². The number of amides is 1. The summed E-state index contributed by atoms with van der Waals surface area (Å²) in [6.07, 6.45) is 0.425. The fourth-order valence-corrected chi connectivity index (χ4v) is 3.29. The summed E-state index contributed by atoms with van der Waals surface area (Å²) in [5.74, 6) is 0.143. The molecule has 5 heteroatoms. The molecule has 2 heterocycles. The molecule has 0 unspecified atom stereocenters. The number of aryl methyl sites for hydroxylation is 3. The third kappa shape index (κ3) is 3.29. The zero-order valence-electron chi connectivity index (χ0n) is 13.9. The number of nitrogens with zero attached hydrogens (tertiary/aromatic N) is 2. The molecule has 1 aliphatic rings. The number of carbonyl (C=O) groups excluding carboxylic acids is 1. The van der Waals surface area contributed by atoms with Crippen molar-refractivity contribution in [2.45, 2.75) is 33.2 Å². The zero-order valence-corrected chi connectivity index (χ0v) is 13.9. The van der Waals surface area contributed by atoms with Gasteiger partial charge >= 0.3 is 0 Å². The van der Waals surface area contributed by atoms with Gasteiger partial charge in [0.2, 0.25) is 5.91 Å². The monoisotopic (exact) mass is 313 g/mol. The minimum absolute atomic E-state index is 0.0557. The molecule has 1 aromatic heterocycles. The lowest BCUT2D eigenvalue weighted by molar-refractivity contribution is -0.139. The number of carbonyl (C=O) groups is 1. The third-order valence-corrected chi connectivity index (χ3v) is 4.40. The van der Waals surface area contributed by atoms with Crippen LogP contribution >= 0.6 is 0 Å². The first-order valence-electron chi connectivity index (χ1n) is 8.00. The van der Waals surface area contributed by atoms with Gasteiger partial charge in [-0.1, -0.05) is 29.8 Å². The van der Waals surface area contributed by atoms with Gasteiger partial charge in [-0.2, -0.15) is 5.10 Å². The van der Waals surface area contributed by atoms with Crippen LogP contribution in [-0.2, 0) is 16.0 Å². The van der Waals surface area contributed by atoms with Crippen LogP contribution in [0.2, 0.25) is 0 Å². The van der Waals surface area contributed by atoms with Gasteiger partial charge in [0.15, 0.2) is 0 Å². The van der Waals surface area contributed by atoms with Crippen molar-refractivity contribution in [2.24, 2.45) is 0 Å². The van der Waals surface area contributed by atoms with E-state index in [1.807, 2.05) is 43.9 Å². The summed E-state index contributed by atoms with van der Waals surface area (Å²) >= 11 is 0. The molecule has 3 rings (SSSR count). The maximum Gasteiger partial charge on any atom is 0.227 e. The van der Waals surface area contributed by atoms with Crippen LogP contribution in [0.25, 0.3) is 0 Å². The van der Waals surface area contributed by atoms with Crippen LogP contribution in [0, 0.1) is 20.8 Å². The summed E-state index contributed by atoms with van der Waals surface area (Å²) in [5.41, 5.74) is 5.26. The lowest BCUT2D eigenvalue weighted by atomic mass is 10.0. The molecule has 1 amide bonds. The van der Waals surface area contributed by atoms with E-state index >= 15 is 0 Å². The van der Waals surface area contributed by atoms with Gasteiger partial charge in [-0.05, 0) is 26.3 Å². The number of aromatic amines is 1. The number of ether oxygens (including phenoxy) is 1. The number of hydrogen-bond donors (Lipinski definition) is 1. The minimum atomic E-state index is -0.0557. The Morgan fingerprint density at radius 3 is 2.91 bits per heavy atom. The van der Waals surface area contributed by atoms with E-state index in [0.717, 1.165) is 22.5 Å². The molecular weight excluding hydrogens is 290 g/mol. The second-order valence-corrected chi connectivity index (χ2v) is 6.19. The summed E-state index contributed by atoms with van der Waals surface area (Å²) in [4.78, 5) is 14.8. The van der Waals surface area contributed by atoms with Crippen molar-refractivity contribution >= 4 is 5.91 Å². The number of H-pyrrole nitrogens is 1. The summed E-state index contributed by atoms with van der Waals surface area (Å²) in [6.45, 7) is 7.75. The Morgan fingerprint density at radius 2 is 2.22 bits per heavy atom. The topological polar surface area (TPSA) is 58.2 Å². The molecule has 2 aromatic rings. The number of hydrogen-bond acceptors (Lipinski definition) is 3. The van der Waals surface area contributed by atoms with E-state index in [1.165, 1.54) is 5.56 Å². The average molecular weight is 313 g/mol. The average Bonchev–Trinajstić information content (AvgIpc) is 2.86. The molecule has 1 N–H and O–H groups in total. The first-order valence-corrected chi connectivity index (χ1v) is 8.00. The van der Waals surface area contributed by atoms with Gasteiger partial charge < -0.3 is 9.64 Å². The molecule has 122 valence electrons. The second kappa shape index (κ2) is 6.54. The Hall–Kier alpha value is -2.14. The Labute approximate surface area is 136 Å². The van der Waals surface area contributed by atoms with Crippen molar-refractivity contribution in [3.05, 3.63) is 52.3 Å². The Balaban J connectivity index is 1.82. The normalized spacial score (nSPS) is 18.2. The van der Waals surface area contributed by atoms with Gasteiger partial charge in [0, 0.05) is 17.8 Å². The SMILES string of the molecule is Cc1cccc(CC(=O)N2CCOC[C@@H]2c2c(C)n[nH]c2C)c1. The van der Waals surface area contributed by atoms with E-state index in [9.17, 15) is 4.79 Å². The zero-order chi connectivity index (χ0) is 16.4. The Kier molecular flexibility index (Phi) is 4.48. The fraction of sp³-hybridized carbons (Fsp3) is 0.444. The maximum atomic E-state index is 12.8. The second-order valence-electron chi connectivity index (χ2n) is 6.19. The first kappa shape index (κ1) is 15.7. The Bertz CT molecular complexity index is 689. The summed E-state index contributed by atoms with van der Waals surface area (Å²) in [7, 11) is 0. The highest BCUT2D eigenvalue weighted by Gasteiger charge is 2.31. The molecule has 1 fully saturated rings. The van der Waals surface area contributed by atoms with Gasteiger partial charge in [-0.15, -0.1) is 0 Å². The predicted molar refractivity (Wildman–Crippen MR) is 88.2 cm³/mol. The Morgan fingerprint density at radius 1 is 1.39 bits per heavy atom. The van der Waals surface area contributed by atoms with E-state index in [2.05, 4.69) is 16.3 Å². The minimum Gasteiger partial charge on any atom is -0.377 e. The van der Waals surface area contributed by atoms with Crippen molar-refractivity contribution in [1.29, 1.82) is 0 Å². The van der Waals surface area contributed by atoms with Crippen molar-refractivity contribution < 1.29 is 9.53 Å². The molecule has 0 bridgehead atoms. The van der Waals surface area contributed by atoms with Crippen molar-refractivity contribution in [3.8, 4) is 0 Å². The van der Waals surface area contributed by atoms with Crippen LogP contribution in [-0.4, -0.2) is 40.8 Å². The smallest absolute Gasteiger partial charge is 0.227 e. The van der Waals surface area contributed by atoms with Crippen LogP contribution in [0.3, 0.4) is 0 Å². The molecule has 0 saturated carbocycles. The number of morpholine rings is 1. The summed E-state index contributed by atoms with van der Waals surface area (Å²) in [6, 6.07) is 8.07. The highest BCUT2D eigenvalue weighted by molar-refractivity contribution is 5.79. The van der Waals surface area contributed by atoms with Crippen LogP contribution in [0.4, 0.5) is 0 Å². The van der Waals surface area contributed by atoms with E-state index in [-0.39, 0.29) is 11.9 Å². The largest absolute Gasteiger partial charge is 0.377 e. The quantitative estimate of drug-likeness (QED) is 0.947. The highest BCUT2D eigenvalue weighted by atomic mass is 16.5. The van der Waals surface area contributed by atoms with E-state index in [0.29, 0.717) is 26.2 Å². The number of nitrogens with one attached hydrogen (secondary N) is 1. The number of aromatic nitrogens is 2. The fourth-order valence-electron chi connectivity index (χ4n) is 3.29. The molecule has 5 nitrogen and oxygen atoms in total. The molecular formula is C18H23N3O2. The molecule has 1 atom stereocenters. The van der Waals surface area contributed by atoms with E-state index < -0.39 is 0 Å². The van der Waals surface area contributed by atoms with Gasteiger partial charge in [-0.25, -0.2) is 0 Å². The van der Waals surface area contributed by atoms with Gasteiger partial charge in [0.05, 0.1) is 31.4 Å². The summed E-state index contributed by atoms with van der Waals surface area (Å²) < 4.78 is 5.63. The van der Waals surface area contributed by atoms with Crippen molar-refractivity contribution in [1.82, 2.24) is 15.1 Å². The lowest BCUT2D eigenvalue weighted by Gasteiger charge is -2.36. The van der Waals surface area contributed by atoms with Gasteiger partial charge in [0.25, 0.3) is 0 Å². The van der Waals surface area contributed by atoms with Crippen molar-refractivity contribution in [3.63, 3.8) is 0 Å². The third-order valence-electron chi connectivity index (χ3n) is 4.40. The van der Waals surface area contributed by atoms with E-state index in [1.54, 1.807) is 0 Å². The molecule has 0 spiro atoms. The number of rotatable bonds is 3. The molecule has 1 aromatic carbocycles. The lowest BCUT2D eigenvalue weighted by Crippen LogP contribution is -2.44. The van der Waals surface area contributed by atoms with Crippen LogP contribution < -0.4 is 0 Å².